The Morgan fingerprint density at radius 1 is 1.04 bits per heavy atom. The van der Waals surface area contributed by atoms with E-state index in [1.807, 2.05) is 25.1 Å². The van der Waals surface area contributed by atoms with E-state index in [1.165, 1.54) is 4.90 Å². The molecule has 2 aromatic carbocycles. The molecule has 0 aromatic heterocycles. The van der Waals surface area contributed by atoms with Crippen molar-refractivity contribution < 1.29 is 19.1 Å². The fraction of sp³-hybridized carbons (Fsp3) is 0.261. The van der Waals surface area contributed by atoms with E-state index in [0.717, 1.165) is 0 Å². The topological polar surface area (TPSA) is 63.7 Å². The van der Waals surface area contributed by atoms with Crippen LogP contribution in [0.4, 0.5) is 5.69 Å². The second-order valence-electron chi connectivity index (χ2n) is 7.24. The van der Waals surface area contributed by atoms with E-state index < -0.39 is 0 Å². The monoisotopic (exact) mass is 375 g/mol. The summed E-state index contributed by atoms with van der Waals surface area (Å²) >= 11 is 0. The molecule has 2 amide bonds. The van der Waals surface area contributed by atoms with Crippen LogP contribution in [0, 0.1) is 17.8 Å². The van der Waals surface area contributed by atoms with Gasteiger partial charge >= 0.3 is 0 Å². The van der Waals surface area contributed by atoms with Crippen molar-refractivity contribution in [1.82, 2.24) is 0 Å². The minimum Gasteiger partial charge on any atom is -0.485 e. The lowest BCUT2D eigenvalue weighted by Gasteiger charge is -2.22. The largest absolute Gasteiger partial charge is 0.485 e. The van der Waals surface area contributed by atoms with Crippen molar-refractivity contribution in [3.8, 4) is 5.75 Å². The Labute approximate surface area is 163 Å². The zero-order chi connectivity index (χ0) is 19.7. The summed E-state index contributed by atoms with van der Waals surface area (Å²) in [5.74, 6) is -0.366. The number of hydrogen-bond donors (Lipinski definition) is 0. The number of rotatable bonds is 5. The van der Waals surface area contributed by atoms with Gasteiger partial charge < -0.3 is 4.74 Å². The quantitative estimate of drug-likeness (QED) is 0.455. The lowest BCUT2D eigenvalue weighted by atomic mass is 9.78. The maximum atomic E-state index is 12.8. The molecule has 0 bridgehead atoms. The lowest BCUT2D eigenvalue weighted by molar-refractivity contribution is -0.122. The number of ketones is 1. The molecule has 142 valence electrons. The van der Waals surface area contributed by atoms with Crippen molar-refractivity contribution in [2.45, 2.75) is 13.3 Å². The summed E-state index contributed by atoms with van der Waals surface area (Å²) in [6.07, 6.45) is 4.61. The van der Waals surface area contributed by atoms with Crippen LogP contribution in [-0.4, -0.2) is 24.2 Å². The van der Waals surface area contributed by atoms with Crippen molar-refractivity contribution in [3.05, 3.63) is 72.3 Å². The van der Waals surface area contributed by atoms with Gasteiger partial charge in [0.15, 0.2) is 12.4 Å². The molecule has 1 aliphatic heterocycles. The van der Waals surface area contributed by atoms with Gasteiger partial charge in [-0.1, -0.05) is 49.4 Å². The highest BCUT2D eigenvalue weighted by Gasteiger charge is 2.50. The highest BCUT2D eigenvalue weighted by molar-refractivity contribution is 6.22. The summed E-state index contributed by atoms with van der Waals surface area (Å²) in [7, 11) is 0. The number of imide groups is 1. The van der Waals surface area contributed by atoms with E-state index in [0.29, 0.717) is 23.4 Å². The van der Waals surface area contributed by atoms with Gasteiger partial charge in [-0.15, -0.1) is 0 Å². The number of carbonyl (C=O) groups is 3. The summed E-state index contributed by atoms with van der Waals surface area (Å²) < 4.78 is 5.56. The second-order valence-corrected chi connectivity index (χ2v) is 7.24. The minimum atomic E-state index is -0.281. The van der Waals surface area contributed by atoms with Gasteiger partial charge in [-0.05, 0) is 36.6 Å². The predicted octanol–water partition coefficient (Wildman–Crippen LogP) is 3.65. The fourth-order valence-electron chi connectivity index (χ4n) is 3.95. The number of nitrogens with zero attached hydrogens (tertiary/aromatic N) is 1. The molecule has 1 saturated heterocycles. The van der Waals surface area contributed by atoms with E-state index in [2.05, 4.69) is 0 Å². The van der Waals surface area contributed by atoms with Crippen molar-refractivity contribution >= 4 is 23.3 Å². The van der Waals surface area contributed by atoms with Crippen LogP contribution in [0.15, 0.2) is 66.7 Å². The first kappa shape index (κ1) is 18.2. The molecule has 2 aromatic rings. The summed E-state index contributed by atoms with van der Waals surface area (Å²) in [5, 5.41) is 0. The van der Waals surface area contributed by atoms with Crippen LogP contribution in [0.1, 0.15) is 23.7 Å². The lowest BCUT2D eigenvalue weighted by Crippen LogP contribution is -2.31. The number of carbonyl (C=O) groups excluding carboxylic acids is 3. The number of amides is 2. The number of fused-ring (bicyclic) bond motifs is 1. The van der Waals surface area contributed by atoms with E-state index in [9.17, 15) is 14.4 Å². The van der Waals surface area contributed by atoms with Crippen molar-refractivity contribution in [1.29, 1.82) is 0 Å². The van der Waals surface area contributed by atoms with E-state index in [-0.39, 0.29) is 42.0 Å². The molecular weight excluding hydrogens is 354 g/mol. The molecular formula is C23H21NO4. The van der Waals surface area contributed by atoms with Gasteiger partial charge in [-0.2, -0.15) is 0 Å². The molecule has 3 unspecified atom stereocenters. The molecule has 0 radical (unpaired) electrons. The third-order valence-electron chi connectivity index (χ3n) is 5.43. The Hall–Kier alpha value is -3.21. The number of hydrogen-bond acceptors (Lipinski definition) is 4. The molecule has 1 heterocycles. The first-order valence-corrected chi connectivity index (χ1v) is 9.42. The first-order valence-electron chi connectivity index (χ1n) is 9.42. The van der Waals surface area contributed by atoms with Crippen LogP contribution < -0.4 is 9.64 Å². The SMILES string of the molecule is CC1C=CCC2C(=O)N(c3ccc(OCC(=O)c4ccccc4)cc3)C(=O)C12. The summed E-state index contributed by atoms with van der Waals surface area (Å²) in [6, 6.07) is 15.7. The average molecular weight is 375 g/mol. The van der Waals surface area contributed by atoms with Crippen LogP contribution in [-0.2, 0) is 9.59 Å². The summed E-state index contributed by atoms with van der Waals surface area (Å²) in [6.45, 7) is 1.90. The Morgan fingerprint density at radius 3 is 2.43 bits per heavy atom. The molecule has 0 saturated carbocycles. The average Bonchev–Trinajstić information content (AvgIpc) is 2.98. The number of Topliss-reactive ketones (excluding diaryl/α,β-unsaturated/α-hetero) is 1. The number of benzene rings is 2. The first-order chi connectivity index (χ1) is 13.6. The van der Waals surface area contributed by atoms with Gasteiger partial charge in [0, 0.05) is 5.56 Å². The van der Waals surface area contributed by atoms with Crippen LogP contribution in [0.5, 0.6) is 5.75 Å². The third kappa shape index (κ3) is 3.24. The van der Waals surface area contributed by atoms with Gasteiger partial charge in [0.1, 0.15) is 5.75 Å². The standard InChI is InChI=1S/C23H21NO4/c1-15-6-5-9-19-21(15)23(27)24(22(19)26)17-10-12-18(13-11-17)28-14-20(25)16-7-3-2-4-8-16/h2-8,10-13,15,19,21H,9,14H2,1H3. The molecule has 2 aliphatic rings. The predicted molar refractivity (Wildman–Crippen MR) is 105 cm³/mol. The van der Waals surface area contributed by atoms with Crippen LogP contribution in [0.3, 0.4) is 0 Å². The van der Waals surface area contributed by atoms with Gasteiger partial charge in [0.25, 0.3) is 0 Å². The Balaban J connectivity index is 1.44. The van der Waals surface area contributed by atoms with E-state index >= 15 is 0 Å². The highest BCUT2D eigenvalue weighted by atomic mass is 16.5. The Morgan fingerprint density at radius 2 is 1.75 bits per heavy atom. The van der Waals surface area contributed by atoms with Crippen molar-refractivity contribution in [2.75, 3.05) is 11.5 Å². The molecule has 1 aliphatic carbocycles. The van der Waals surface area contributed by atoms with Gasteiger partial charge in [-0.25, -0.2) is 0 Å². The molecule has 0 spiro atoms. The molecule has 5 heteroatoms. The number of anilines is 1. The van der Waals surface area contributed by atoms with Gasteiger partial charge in [0.2, 0.25) is 11.8 Å². The highest BCUT2D eigenvalue weighted by Crippen LogP contribution is 2.40. The smallest absolute Gasteiger partial charge is 0.238 e. The zero-order valence-corrected chi connectivity index (χ0v) is 15.6. The molecule has 4 rings (SSSR count). The third-order valence-corrected chi connectivity index (χ3v) is 5.43. The van der Waals surface area contributed by atoms with E-state index in [1.54, 1.807) is 48.5 Å². The molecule has 3 atom stereocenters. The van der Waals surface area contributed by atoms with E-state index in [4.69, 9.17) is 4.74 Å². The normalized spacial score (nSPS) is 23.6. The maximum Gasteiger partial charge on any atom is 0.238 e. The maximum absolute atomic E-state index is 12.8. The van der Waals surface area contributed by atoms with Crippen LogP contribution in [0.2, 0.25) is 0 Å². The van der Waals surface area contributed by atoms with Crippen LogP contribution >= 0.6 is 0 Å². The van der Waals surface area contributed by atoms with Gasteiger partial charge in [0.05, 0.1) is 17.5 Å². The van der Waals surface area contributed by atoms with Crippen molar-refractivity contribution in [3.63, 3.8) is 0 Å². The summed E-state index contributed by atoms with van der Waals surface area (Å²) in [5.41, 5.74) is 1.14. The Kier molecular flexibility index (Phi) is 4.82. The second kappa shape index (κ2) is 7.43. The molecule has 0 N–H and O–H groups in total. The Bertz CT molecular complexity index is 933. The number of allylic oxidation sites excluding steroid dienone is 2. The minimum absolute atomic E-state index is 0.0619. The molecule has 1 fully saturated rings. The van der Waals surface area contributed by atoms with Crippen LogP contribution in [0.25, 0.3) is 0 Å². The van der Waals surface area contributed by atoms with Crippen molar-refractivity contribution in [2.24, 2.45) is 17.8 Å². The number of ether oxygens (including phenoxy) is 1. The zero-order valence-electron chi connectivity index (χ0n) is 15.6. The van der Waals surface area contributed by atoms with Gasteiger partial charge in [-0.3, -0.25) is 19.3 Å². The molecule has 28 heavy (non-hydrogen) atoms. The summed E-state index contributed by atoms with van der Waals surface area (Å²) in [4.78, 5) is 39.0. The molecule has 5 nitrogen and oxygen atoms in total. The fourth-order valence-corrected chi connectivity index (χ4v) is 3.95.